The lowest BCUT2D eigenvalue weighted by Crippen LogP contribution is -2.62. The van der Waals surface area contributed by atoms with Crippen LogP contribution in [0.3, 0.4) is 0 Å². The molecule has 1 aromatic carbocycles. The number of ketones is 1. The summed E-state index contributed by atoms with van der Waals surface area (Å²) >= 11 is 5.89. The molecule has 0 bridgehead atoms. The molecule has 0 radical (unpaired) electrons. The van der Waals surface area contributed by atoms with Crippen molar-refractivity contribution in [1.29, 1.82) is 0 Å². The van der Waals surface area contributed by atoms with E-state index < -0.39 is 5.41 Å². The zero-order chi connectivity index (χ0) is 17.5. The molecule has 1 aliphatic heterocycles. The first kappa shape index (κ1) is 16.8. The zero-order valence-electron chi connectivity index (χ0n) is 13.8. The van der Waals surface area contributed by atoms with Gasteiger partial charge in [0.15, 0.2) is 12.4 Å². The lowest BCUT2D eigenvalue weighted by molar-refractivity contribution is -0.146. The second-order valence-electron chi connectivity index (χ2n) is 7.35. The summed E-state index contributed by atoms with van der Waals surface area (Å²) in [6, 6.07) is 6.95. The molecule has 0 aromatic heterocycles. The van der Waals surface area contributed by atoms with Gasteiger partial charge in [-0.1, -0.05) is 31.5 Å². The standard InChI is InChI=1S/C18H21ClN2O3/c1-17(2)9-18(7-14(20)16(17)23)10-21(11-18)15(22)8-24-13-5-3-4-12(19)6-13/h3-7H,8-11,20H2,1-2H3. The number of nitrogens with two attached hydrogens (primary N) is 1. The second kappa shape index (κ2) is 5.81. The van der Waals surface area contributed by atoms with Crippen LogP contribution >= 0.6 is 11.6 Å². The van der Waals surface area contributed by atoms with Crippen LogP contribution in [0.15, 0.2) is 36.0 Å². The number of carbonyl (C=O) groups is 2. The summed E-state index contributed by atoms with van der Waals surface area (Å²) < 4.78 is 5.49. The monoisotopic (exact) mass is 348 g/mol. The number of ether oxygens (including phenoxy) is 1. The third-order valence-corrected chi connectivity index (χ3v) is 4.89. The van der Waals surface area contributed by atoms with E-state index in [0.717, 1.165) is 0 Å². The van der Waals surface area contributed by atoms with E-state index in [1.165, 1.54) is 0 Å². The Kier molecular flexibility index (Phi) is 4.08. The van der Waals surface area contributed by atoms with Gasteiger partial charge in [0.25, 0.3) is 5.91 Å². The van der Waals surface area contributed by atoms with Gasteiger partial charge in [-0.2, -0.15) is 0 Å². The maximum Gasteiger partial charge on any atom is 0.260 e. The molecule has 0 saturated carbocycles. The molecule has 1 fully saturated rings. The van der Waals surface area contributed by atoms with Crippen molar-refractivity contribution in [2.45, 2.75) is 20.3 Å². The number of halogens is 1. The van der Waals surface area contributed by atoms with Crippen LogP contribution in [0.2, 0.25) is 5.02 Å². The molecule has 6 heteroatoms. The van der Waals surface area contributed by atoms with Gasteiger partial charge in [-0.15, -0.1) is 0 Å². The molecular formula is C18H21ClN2O3. The summed E-state index contributed by atoms with van der Waals surface area (Å²) in [6.45, 7) is 4.93. The Bertz CT molecular complexity index is 721. The predicted molar refractivity (Wildman–Crippen MR) is 91.6 cm³/mol. The largest absolute Gasteiger partial charge is 0.484 e. The molecule has 1 aromatic rings. The number of benzene rings is 1. The number of nitrogens with zero attached hydrogens (tertiary/aromatic N) is 1. The van der Waals surface area contributed by atoms with Crippen LogP contribution in [0.4, 0.5) is 0 Å². The Morgan fingerprint density at radius 1 is 1.38 bits per heavy atom. The summed E-state index contributed by atoms with van der Waals surface area (Å²) in [6.07, 6.45) is 2.54. The van der Waals surface area contributed by atoms with E-state index in [-0.39, 0.29) is 23.7 Å². The quantitative estimate of drug-likeness (QED) is 0.910. The number of hydrogen-bond donors (Lipinski definition) is 1. The summed E-state index contributed by atoms with van der Waals surface area (Å²) in [5.74, 6) is 0.476. The van der Waals surface area contributed by atoms with Gasteiger partial charge < -0.3 is 15.4 Å². The Labute approximate surface area is 146 Å². The van der Waals surface area contributed by atoms with Crippen molar-refractivity contribution in [3.63, 3.8) is 0 Å². The highest BCUT2D eigenvalue weighted by Crippen LogP contribution is 2.47. The molecule has 3 rings (SSSR count). The van der Waals surface area contributed by atoms with Gasteiger partial charge in [0.1, 0.15) is 5.75 Å². The Hall–Kier alpha value is -2.01. The third kappa shape index (κ3) is 3.13. The molecule has 0 atom stereocenters. The van der Waals surface area contributed by atoms with Crippen molar-refractivity contribution in [3.05, 3.63) is 41.1 Å². The van der Waals surface area contributed by atoms with Crippen LogP contribution in [0, 0.1) is 10.8 Å². The fraction of sp³-hybridized carbons (Fsp3) is 0.444. The van der Waals surface area contributed by atoms with E-state index in [2.05, 4.69) is 0 Å². The van der Waals surface area contributed by atoms with Gasteiger partial charge in [0, 0.05) is 28.9 Å². The molecule has 1 spiro atoms. The van der Waals surface area contributed by atoms with Crippen molar-refractivity contribution >= 4 is 23.3 Å². The topological polar surface area (TPSA) is 72.6 Å². The maximum atomic E-state index is 12.3. The van der Waals surface area contributed by atoms with Crippen molar-refractivity contribution in [1.82, 2.24) is 4.90 Å². The van der Waals surface area contributed by atoms with Crippen molar-refractivity contribution < 1.29 is 14.3 Å². The summed E-state index contributed by atoms with van der Waals surface area (Å²) in [7, 11) is 0. The molecule has 1 saturated heterocycles. The molecule has 128 valence electrons. The zero-order valence-corrected chi connectivity index (χ0v) is 14.6. The molecule has 5 nitrogen and oxygen atoms in total. The molecule has 2 N–H and O–H groups in total. The smallest absolute Gasteiger partial charge is 0.260 e. The van der Waals surface area contributed by atoms with Gasteiger partial charge in [-0.25, -0.2) is 0 Å². The Morgan fingerprint density at radius 3 is 2.71 bits per heavy atom. The number of Topliss-reactive ketones (excluding diaryl/α,β-unsaturated/α-hetero) is 1. The van der Waals surface area contributed by atoms with E-state index in [1.807, 2.05) is 19.9 Å². The van der Waals surface area contributed by atoms with E-state index in [1.54, 1.807) is 29.2 Å². The van der Waals surface area contributed by atoms with Gasteiger partial charge in [0.05, 0.1) is 5.70 Å². The fourth-order valence-corrected chi connectivity index (χ4v) is 3.86. The van der Waals surface area contributed by atoms with Gasteiger partial charge in [0.2, 0.25) is 0 Å². The number of hydrogen-bond acceptors (Lipinski definition) is 4. The molecule has 1 aliphatic carbocycles. The summed E-state index contributed by atoms with van der Waals surface area (Å²) in [4.78, 5) is 26.1. The summed E-state index contributed by atoms with van der Waals surface area (Å²) in [5, 5.41) is 0.567. The van der Waals surface area contributed by atoms with Gasteiger partial charge in [-0.3, -0.25) is 9.59 Å². The first-order valence-corrected chi connectivity index (χ1v) is 8.28. The number of likely N-dealkylation sites (tertiary alicyclic amines) is 1. The average Bonchev–Trinajstić information content (AvgIpc) is 2.47. The number of allylic oxidation sites excluding steroid dienone is 1. The summed E-state index contributed by atoms with van der Waals surface area (Å²) in [5.41, 5.74) is 5.53. The second-order valence-corrected chi connectivity index (χ2v) is 7.78. The molecule has 24 heavy (non-hydrogen) atoms. The van der Waals surface area contributed by atoms with E-state index >= 15 is 0 Å². The van der Waals surface area contributed by atoms with Crippen molar-refractivity contribution in [2.24, 2.45) is 16.6 Å². The maximum absolute atomic E-state index is 12.3. The number of amides is 1. The third-order valence-electron chi connectivity index (χ3n) is 4.66. The minimum Gasteiger partial charge on any atom is -0.484 e. The van der Waals surface area contributed by atoms with Crippen LogP contribution in [0.1, 0.15) is 20.3 Å². The highest BCUT2D eigenvalue weighted by atomic mass is 35.5. The van der Waals surface area contributed by atoms with Crippen LogP contribution in [0.5, 0.6) is 5.75 Å². The minimum atomic E-state index is -0.481. The molecule has 1 heterocycles. The van der Waals surface area contributed by atoms with E-state index in [0.29, 0.717) is 36.0 Å². The predicted octanol–water partition coefficient (Wildman–Crippen LogP) is 2.39. The van der Waals surface area contributed by atoms with Crippen LogP contribution in [-0.2, 0) is 9.59 Å². The van der Waals surface area contributed by atoms with Gasteiger partial charge >= 0.3 is 0 Å². The average molecular weight is 349 g/mol. The van der Waals surface area contributed by atoms with E-state index in [4.69, 9.17) is 22.1 Å². The van der Waals surface area contributed by atoms with Crippen molar-refractivity contribution in [3.8, 4) is 5.75 Å². The fourth-order valence-electron chi connectivity index (χ4n) is 3.68. The first-order chi connectivity index (χ1) is 11.2. The Morgan fingerprint density at radius 2 is 2.08 bits per heavy atom. The minimum absolute atomic E-state index is 0.0119. The highest BCUT2D eigenvalue weighted by molar-refractivity contribution is 6.30. The number of rotatable bonds is 3. The highest BCUT2D eigenvalue weighted by Gasteiger charge is 2.51. The first-order valence-electron chi connectivity index (χ1n) is 7.90. The lowest BCUT2D eigenvalue weighted by Gasteiger charge is -2.53. The van der Waals surface area contributed by atoms with Gasteiger partial charge in [-0.05, 0) is 30.7 Å². The molecule has 2 aliphatic rings. The Balaban J connectivity index is 1.58. The lowest BCUT2D eigenvalue weighted by atomic mass is 9.62. The SMILES string of the molecule is CC1(C)CC2(C=C(N)C1=O)CN(C(=O)COc1cccc(Cl)c1)C2. The van der Waals surface area contributed by atoms with Crippen LogP contribution < -0.4 is 10.5 Å². The van der Waals surface area contributed by atoms with Crippen LogP contribution in [0.25, 0.3) is 0 Å². The molecule has 0 unspecified atom stereocenters. The van der Waals surface area contributed by atoms with Crippen LogP contribution in [-0.4, -0.2) is 36.3 Å². The molecular weight excluding hydrogens is 328 g/mol. The molecule has 1 amide bonds. The normalized spacial score (nSPS) is 21.2. The van der Waals surface area contributed by atoms with E-state index in [9.17, 15) is 9.59 Å². The van der Waals surface area contributed by atoms with Crippen molar-refractivity contribution in [2.75, 3.05) is 19.7 Å². The number of carbonyl (C=O) groups excluding carboxylic acids is 2.